The van der Waals surface area contributed by atoms with Gasteiger partial charge in [-0.2, -0.15) is 0 Å². The van der Waals surface area contributed by atoms with Crippen LogP contribution in [0.25, 0.3) is 0 Å². The number of nitrogens with one attached hydrogen (secondary N) is 2. The average molecular weight is 403 g/mol. The van der Waals surface area contributed by atoms with Gasteiger partial charge in [0.25, 0.3) is 0 Å². The minimum Gasteiger partial charge on any atom is -0.383 e. The normalized spacial score (nSPS) is 21.6. The molecule has 1 aromatic rings. The summed E-state index contributed by atoms with van der Waals surface area (Å²) < 4.78 is 11.8. The van der Waals surface area contributed by atoms with Gasteiger partial charge in [-0.25, -0.2) is 9.97 Å². The van der Waals surface area contributed by atoms with E-state index < -0.39 is 0 Å². The van der Waals surface area contributed by atoms with Crippen molar-refractivity contribution in [3.05, 3.63) is 11.9 Å². The second-order valence-electron chi connectivity index (χ2n) is 5.32. The van der Waals surface area contributed by atoms with E-state index in [1.807, 2.05) is 22.6 Å². The van der Waals surface area contributed by atoms with Crippen LogP contribution >= 0.6 is 22.6 Å². The van der Waals surface area contributed by atoms with Crippen molar-refractivity contribution in [2.24, 2.45) is 0 Å². The van der Waals surface area contributed by atoms with Crippen LogP contribution in [0, 0.1) is 5.41 Å². The van der Waals surface area contributed by atoms with Crippen molar-refractivity contribution in [3.8, 4) is 0 Å². The zero-order valence-electron chi connectivity index (χ0n) is 11.6. The number of halogens is 1. The molecular weight excluding hydrogens is 385 g/mol. The van der Waals surface area contributed by atoms with Crippen molar-refractivity contribution < 1.29 is 9.47 Å². The van der Waals surface area contributed by atoms with E-state index in [1.165, 1.54) is 6.33 Å². The summed E-state index contributed by atoms with van der Waals surface area (Å²) in [5.41, 5.74) is 6.42. The van der Waals surface area contributed by atoms with Crippen LogP contribution < -0.4 is 11.1 Å². The van der Waals surface area contributed by atoms with Crippen molar-refractivity contribution in [3.63, 3.8) is 0 Å². The molecule has 1 spiro atoms. The molecule has 0 atom stereocenters. The predicted octanol–water partition coefficient (Wildman–Crippen LogP) is 1.92. The highest BCUT2D eigenvalue weighted by molar-refractivity contribution is 14.1. The van der Waals surface area contributed by atoms with Gasteiger partial charge >= 0.3 is 0 Å². The zero-order chi connectivity index (χ0) is 14.9. The predicted molar refractivity (Wildman–Crippen MR) is 87.8 cm³/mol. The highest BCUT2D eigenvalue weighted by atomic mass is 127. The lowest BCUT2D eigenvalue weighted by Gasteiger charge is -2.35. The molecule has 0 bridgehead atoms. The van der Waals surface area contributed by atoms with E-state index >= 15 is 0 Å². The second-order valence-corrected chi connectivity index (χ2v) is 6.40. The lowest BCUT2D eigenvalue weighted by atomic mass is 9.90. The number of rotatable bonds is 3. The first-order valence-corrected chi connectivity index (χ1v) is 8.07. The Hall–Kier alpha value is -1.00. The summed E-state index contributed by atoms with van der Waals surface area (Å²) in [6.07, 6.45) is 5.06. The maximum absolute atomic E-state index is 7.81. The molecule has 1 aliphatic heterocycles. The van der Waals surface area contributed by atoms with Gasteiger partial charge in [0.1, 0.15) is 21.7 Å². The quantitative estimate of drug-likeness (QED) is 0.526. The summed E-state index contributed by atoms with van der Waals surface area (Å²) >= 11 is 1.92. The molecule has 3 rings (SSSR count). The lowest BCUT2D eigenvalue weighted by molar-refractivity contribution is -0.177. The molecule has 0 aromatic carbocycles. The van der Waals surface area contributed by atoms with Crippen LogP contribution in [-0.2, 0) is 9.47 Å². The van der Waals surface area contributed by atoms with Crippen molar-refractivity contribution in [2.45, 2.75) is 37.5 Å². The summed E-state index contributed by atoms with van der Waals surface area (Å²) in [5.74, 6) is 0.611. The number of hydrogen-bond acceptors (Lipinski definition) is 7. The number of nitrogen functional groups attached to an aromatic ring is 1. The lowest BCUT2D eigenvalue weighted by Crippen LogP contribution is -2.39. The molecule has 0 unspecified atom stereocenters. The third kappa shape index (κ3) is 3.11. The van der Waals surface area contributed by atoms with Crippen LogP contribution in [0.5, 0.6) is 0 Å². The third-order valence-electron chi connectivity index (χ3n) is 4.00. The van der Waals surface area contributed by atoms with E-state index in [0.29, 0.717) is 34.1 Å². The fourth-order valence-electron chi connectivity index (χ4n) is 2.91. The van der Waals surface area contributed by atoms with Gasteiger partial charge in [0, 0.05) is 18.9 Å². The molecule has 0 radical (unpaired) electrons. The largest absolute Gasteiger partial charge is 0.383 e. The van der Waals surface area contributed by atoms with Gasteiger partial charge < -0.3 is 20.5 Å². The van der Waals surface area contributed by atoms with Crippen LogP contribution in [0.3, 0.4) is 0 Å². The molecule has 2 fully saturated rings. The van der Waals surface area contributed by atoms with Gasteiger partial charge in [-0.3, -0.25) is 5.41 Å². The minimum absolute atomic E-state index is 0.284. The number of ether oxygens (including phenoxy) is 2. The molecule has 4 N–H and O–H groups in total. The maximum Gasteiger partial charge on any atom is 0.168 e. The Bertz CT molecular complexity index is 537. The Labute approximate surface area is 136 Å². The van der Waals surface area contributed by atoms with Gasteiger partial charge in [-0.1, -0.05) is 0 Å². The van der Waals surface area contributed by atoms with Crippen molar-refractivity contribution >= 4 is 37.9 Å². The van der Waals surface area contributed by atoms with E-state index in [-0.39, 0.29) is 11.8 Å². The molecule has 1 saturated carbocycles. The fourth-order valence-corrected chi connectivity index (χ4v) is 3.44. The molecule has 21 heavy (non-hydrogen) atoms. The van der Waals surface area contributed by atoms with Gasteiger partial charge in [-0.05, 0) is 35.4 Å². The molecule has 114 valence electrons. The Morgan fingerprint density at radius 2 is 2.00 bits per heavy atom. The fraction of sp³-hybridized carbons (Fsp3) is 0.615. The summed E-state index contributed by atoms with van der Waals surface area (Å²) in [6, 6.07) is 0.284. The Balaban J connectivity index is 1.68. The standard InChI is InChI=1S/C13H18IN5O2/c14-10(15)9-11(16)17-7-18-12(9)19-8-1-3-13(4-2-8)20-5-6-21-13/h7-8,15H,1-6H2,(H3,16,17,18,19). The van der Waals surface area contributed by atoms with Crippen LogP contribution in [0.2, 0.25) is 0 Å². The van der Waals surface area contributed by atoms with Gasteiger partial charge in [-0.15, -0.1) is 0 Å². The molecule has 1 saturated heterocycles. The molecule has 1 aliphatic carbocycles. The first-order chi connectivity index (χ1) is 10.1. The van der Waals surface area contributed by atoms with Crippen LogP contribution in [-0.4, -0.2) is 38.7 Å². The Morgan fingerprint density at radius 3 is 2.62 bits per heavy atom. The highest BCUT2D eigenvalue weighted by Crippen LogP contribution is 2.37. The number of hydrogen-bond donors (Lipinski definition) is 3. The monoisotopic (exact) mass is 403 g/mol. The molecule has 1 aromatic heterocycles. The zero-order valence-corrected chi connectivity index (χ0v) is 13.7. The summed E-state index contributed by atoms with van der Waals surface area (Å²) in [4.78, 5) is 8.19. The number of nitrogens with zero attached hydrogens (tertiary/aromatic N) is 2. The molecule has 8 heteroatoms. The number of anilines is 2. The topological polar surface area (TPSA) is 106 Å². The van der Waals surface area contributed by atoms with E-state index in [1.54, 1.807) is 0 Å². The molecule has 7 nitrogen and oxygen atoms in total. The SMILES string of the molecule is N=C(I)c1c(N)ncnc1NC1CCC2(CC1)OCCO2. The second kappa shape index (κ2) is 6.01. The Kier molecular flexibility index (Phi) is 4.27. The van der Waals surface area contributed by atoms with Gasteiger partial charge in [0.15, 0.2) is 5.79 Å². The summed E-state index contributed by atoms with van der Waals surface area (Å²) in [7, 11) is 0. The third-order valence-corrected chi connectivity index (χ3v) is 4.54. The van der Waals surface area contributed by atoms with Crippen LogP contribution in [0.15, 0.2) is 6.33 Å². The van der Waals surface area contributed by atoms with Crippen LogP contribution in [0.1, 0.15) is 31.2 Å². The van der Waals surface area contributed by atoms with Crippen molar-refractivity contribution in [2.75, 3.05) is 24.3 Å². The maximum atomic E-state index is 7.81. The van der Waals surface area contributed by atoms with E-state index in [2.05, 4.69) is 15.3 Å². The first kappa shape index (κ1) is 14.9. The highest BCUT2D eigenvalue weighted by Gasteiger charge is 2.40. The van der Waals surface area contributed by atoms with Crippen molar-refractivity contribution in [1.82, 2.24) is 9.97 Å². The summed E-state index contributed by atoms with van der Waals surface area (Å²) in [6.45, 7) is 1.38. The van der Waals surface area contributed by atoms with E-state index in [4.69, 9.17) is 20.6 Å². The smallest absolute Gasteiger partial charge is 0.168 e. The Morgan fingerprint density at radius 1 is 1.33 bits per heavy atom. The summed E-state index contributed by atoms with van der Waals surface area (Å²) in [5, 5.41) is 11.2. The van der Waals surface area contributed by atoms with Gasteiger partial charge in [0.2, 0.25) is 0 Å². The first-order valence-electron chi connectivity index (χ1n) is 6.99. The molecular formula is C13H18IN5O2. The number of aromatic nitrogens is 2. The van der Waals surface area contributed by atoms with E-state index in [9.17, 15) is 0 Å². The minimum atomic E-state index is -0.359. The number of nitrogens with two attached hydrogens (primary N) is 1. The van der Waals surface area contributed by atoms with Crippen LogP contribution in [0.4, 0.5) is 11.6 Å². The average Bonchev–Trinajstić information content (AvgIpc) is 2.90. The molecule has 0 amide bonds. The molecule has 2 heterocycles. The van der Waals surface area contributed by atoms with Crippen molar-refractivity contribution in [1.29, 1.82) is 5.41 Å². The van der Waals surface area contributed by atoms with E-state index in [0.717, 1.165) is 25.7 Å². The van der Waals surface area contributed by atoms with Gasteiger partial charge in [0.05, 0.1) is 18.8 Å². The molecule has 2 aliphatic rings.